The van der Waals surface area contributed by atoms with Crippen LogP contribution in [0.15, 0.2) is 23.1 Å². The van der Waals surface area contributed by atoms with E-state index in [0.29, 0.717) is 32.0 Å². The van der Waals surface area contributed by atoms with E-state index in [9.17, 15) is 13.2 Å². The van der Waals surface area contributed by atoms with E-state index in [2.05, 4.69) is 5.32 Å². The van der Waals surface area contributed by atoms with E-state index in [1.807, 2.05) is 0 Å². The van der Waals surface area contributed by atoms with E-state index in [4.69, 9.17) is 4.74 Å². The van der Waals surface area contributed by atoms with Crippen molar-refractivity contribution in [2.45, 2.75) is 24.2 Å². The van der Waals surface area contributed by atoms with Gasteiger partial charge in [-0.15, -0.1) is 0 Å². The van der Waals surface area contributed by atoms with Crippen LogP contribution >= 0.6 is 0 Å². The number of nitrogens with one attached hydrogen (secondary N) is 1. The lowest BCUT2D eigenvalue weighted by Crippen LogP contribution is -2.40. The molecule has 0 bridgehead atoms. The molecule has 1 saturated heterocycles. The number of hydrogen-bond acceptors (Lipinski definition) is 4. The van der Waals surface area contributed by atoms with E-state index in [-0.39, 0.29) is 10.8 Å². The van der Waals surface area contributed by atoms with Crippen LogP contribution in [0.2, 0.25) is 0 Å². The first-order chi connectivity index (χ1) is 9.83. The Labute approximate surface area is 124 Å². The number of ether oxygens (including phenoxy) is 1. The molecule has 3 rings (SSSR count). The van der Waals surface area contributed by atoms with Gasteiger partial charge in [-0.2, -0.15) is 4.31 Å². The van der Waals surface area contributed by atoms with Gasteiger partial charge in [0, 0.05) is 18.8 Å². The summed E-state index contributed by atoms with van der Waals surface area (Å²) in [5, 5.41) is 2.78. The highest BCUT2D eigenvalue weighted by Gasteiger charge is 2.39. The zero-order chi connectivity index (χ0) is 15.3. The van der Waals surface area contributed by atoms with Crippen molar-refractivity contribution in [2.75, 3.05) is 31.6 Å². The molecule has 2 aliphatic heterocycles. The van der Waals surface area contributed by atoms with E-state index in [1.54, 1.807) is 32.0 Å². The first-order valence-electron chi connectivity index (χ1n) is 6.87. The number of rotatable bonds is 2. The Kier molecular flexibility index (Phi) is 3.31. The molecule has 0 saturated carbocycles. The molecule has 1 fully saturated rings. The number of fused-ring (bicyclic) bond motifs is 1. The molecule has 7 heteroatoms. The quantitative estimate of drug-likeness (QED) is 0.882. The molecule has 1 aromatic carbocycles. The number of benzene rings is 1. The largest absolute Gasteiger partial charge is 0.379 e. The maximum atomic E-state index is 12.6. The number of morpholine rings is 1. The standard InChI is InChI=1S/C14H18N2O4S/c1-14(2)11-9-10(3-4-12(11)15-13(14)17)21(18,19)16-5-7-20-8-6-16/h3-4,9H,5-8H2,1-2H3,(H,15,17). The third kappa shape index (κ3) is 2.25. The summed E-state index contributed by atoms with van der Waals surface area (Å²) in [5.74, 6) is -0.113. The van der Waals surface area contributed by atoms with Gasteiger partial charge in [0.25, 0.3) is 0 Å². The molecule has 0 aliphatic carbocycles. The summed E-state index contributed by atoms with van der Waals surface area (Å²) >= 11 is 0. The van der Waals surface area contributed by atoms with Crippen molar-refractivity contribution >= 4 is 21.6 Å². The second kappa shape index (κ2) is 4.79. The Morgan fingerprint density at radius 2 is 1.90 bits per heavy atom. The number of carbonyl (C=O) groups excluding carboxylic acids is 1. The summed E-state index contributed by atoms with van der Waals surface area (Å²) in [4.78, 5) is 12.2. The smallest absolute Gasteiger partial charge is 0.243 e. The Bertz CT molecular complexity index is 691. The van der Waals surface area contributed by atoms with Crippen molar-refractivity contribution in [3.63, 3.8) is 0 Å². The molecule has 0 aromatic heterocycles. The number of nitrogens with zero attached hydrogens (tertiary/aromatic N) is 1. The fourth-order valence-electron chi connectivity index (χ4n) is 2.65. The SMILES string of the molecule is CC1(C)C(=O)Nc2ccc(S(=O)(=O)N3CCOCC3)cc21. The van der Waals surface area contributed by atoms with Crippen molar-refractivity contribution < 1.29 is 17.9 Å². The highest BCUT2D eigenvalue weighted by atomic mass is 32.2. The normalized spacial score (nSPS) is 21.9. The predicted octanol–water partition coefficient (Wildman–Crippen LogP) is 0.937. The number of carbonyl (C=O) groups is 1. The van der Waals surface area contributed by atoms with E-state index >= 15 is 0 Å². The van der Waals surface area contributed by atoms with Crippen LogP contribution in [0.3, 0.4) is 0 Å². The number of hydrogen-bond donors (Lipinski definition) is 1. The van der Waals surface area contributed by atoms with Crippen molar-refractivity contribution in [3.05, 3.63) is 23.8 Å². The Morgan fingerprint density at radius 1 is 1.24 bits per heavy atom. The van der Waals surface area contributed by atoms with Gasteiger partial charge in [0.05, 0.1) is 23.5 Å². The molecule has 0 spiro atoms. The van der Waals surface area contributed by atoms with Crippen LogP contribution in [0.4, 0.5) is 5.69 Å². The zero-order valence-corrected chi connectivity index (χ0v) is 12.9. The zero-order valence-electron chi connectivity index (χ0n) is 12.0. The first-order valence-corrected chi connectivity index (χ1v) is 8.31. The fraction of sp³-hybridized carbons (Fsp3) is 0.500. The lowest BCUT2D eigenvalue weighted by Gasteiger charge is -2.26. The van der Waals surface area contributed by atoms with Gasteiger partial charge < -0.3 is 10.1 Å². The fourth-order valence-corrected chi connectivity index (χ4v) is 4.08. The van der Waals surface area contributed by atoms with Gasteiger partial charge in [0.15, 0.2) is 0 Å². The molecule has 6 nitrogen and oxygen atoms in total. The van der Waals surface area contributed by atoms with E-state index in [0.717, 1.165) is 5.56 Å². The molecule has 0 radical (unpaired) electrons. The van der Waals surface area contributed by atoms with Crippen molar-refractivity contribution in [1.82, 2.24) is 4.31 Å². The maximum absolute atomic E-state index is 12.6. The molecule has 2 heterocycles. The lowest BCUT2D eigenvalue weighted by molar-refractivity contribution is -0.119. The first kappa shape index (κ1) is 14.5. The minimum absolute atomic E-state index is 0.113. The molecule has 1 amide bonds. The molecular weight excluding hydrogens is 292 g/mol. The average molecular weight is 310 g/mol. The van der Waals surface area contributed by atoms with Crippen molar-refractivity contribution in [1.29, 1.82) is 0 Å². The summed E-state index contributed by atoms with van der Waals surface area (Å²) in [6.45, 7) is 5.13. The molecule has 1 N–H and O–H groups in total. The van der Waals surface area contributed by atoms with Gasteiger partial charge in [0.2, 0.25) is 15.9 Å². The van der Waals surface area contributed by atoms with Crippen LogP contribution in [0.1, 0.15) is 19.4 Å². The highest BCUT2D eigenvalue weighted by molar-refractivity contribution is 7.89. The molecular formula is C14H18N2O4S. The van der Waals surface area contributed by atoms with E-state index in [1.165, 1.54) is 4.31 Å². The van der Waals surface area contributed by atoms with Crippen LogP contribution in [0.5, 0.6) is 0 Å². The highest BCUT2D eigenvalue weighted by Crippen LogP contribution is 2.38. The average Bonchev–Trinajstić information content (AvgIpc) is 2.70. The molecule has 2 aliphatic rings. The number of amides is 1. The van der Waals surface area contributed by atoms with Gasteiger partial charge >= 0.3 is 0 Å². The lowest BCUT2D eigenvalue weighted by atomic mass is 9.86. The van der Waals surface area contributed by atoms with Crippen LogP contribution < -0.4 is 5.32 Å². The van der Waals surface area contributed by atoms with Crippen molar-refractivity contribution in [3.8, 4) is 0 Å². The van der Waals surface area contributed by atoms with Gasteiger partial charge in [-0.25, -0.2) is 8.42 Å². The molecule has 21 heavy (non-hydrogen) atoms. The van der Waals surface area contributed by atoms with Crippen molar-refractivity contribution in [2.24, 2.45) is 0 Å². The van der Waals surface area contributed by atoms with Gasteiger partial charge in [-0.3, -0.25) is 4.79 Å². The molecule has 0 atom stereocenters. The minimum Gasteiger partial charge on any atom is -0.379 e. The Hall–Kier alpha value is -1.44. The summed E-state index contributed by atoms with van der Waals surface area (Å²) in [6.07, 6.45) is 0. The molecule has 0 unspecified atom stereocenters. The van der Waals surface area contributed by atoms with Gasteiger partial charge in [0.1, 0.15) is 0 Å². The topological polar surface area (TPSA) is 75.7 Å². The van der Waals surface area contributed by atoms with Gasteiger partial charge in [-0.1, -0.05) is 0 Å². The maximum Gasteiger partial charge on any atom is 0.243 e. The Morgan fingerprint density at radius 3 is 2.57 bits per heavy atom. The van der Waals surface area contributed by atoms with E-state index < -0.39 is 15.4 Å². The number of sulfonamides is 1. The summed E-state index contributed by atoms with van der Waals surface area (Å²) in [7, 11) is -3.54. The third-order valence-electron chi connectivity index (χ3n) is 4.09. The summed E-state index contributed by atoms with van der Waals surface area (Å²) in [6, 6.07) is 4.82. The minimum atomic E-state index is -3.54. The third-order valence-corrected chi connectivity index (χ3v) is 5.98. The summed E-state index contributed by atoms with van der Waals surface area (Å²) in [5.41, 5.74) is 0.694. The summed E-state index contributed by atoms with van der Waals surface area (Å²) < 4.78 is 31.9. The number of anilines is 1. The van der Waals surface area contributed by atoms with Crippen LogP contribution in [0.25, 0.3) is 0 Å². The second-order valence-electron chi connectivity index (χ2n) is 5.80. The molecule has 114 valence electrons. The molecule has 1 aromatic rings. The monoisotopic (exact) mass is 310 g/mol. The Balaban J connectivity index is 2.02. The van der Waals surface area contributed by atoms with Crippen LogP contribution in [-0.4, -0.2) is 44.9 Å². The van der Waals surface area contributed by atoms with Crippen LogP contribution in [0, 0.1) is 0 Å². The second-order valence-corrected chi connectivity index (χ2v) is 7.74. The predicted molar refractivity (Wildman–Crippen MR) is 77.7 cm³/mol. The van der Waals surface area contributed by atoms with Gasteiger partial charge in [-0.05, 0) is 37.6 Å². The van der Waals surface area contributed by atoms with Crippen LogP contribution in [-0.2, 0) is 25.0 Å².